The maximum Gasteiger partial charge on any atom is 0.280 e. The van der Waals surface area contributed by atoms with Crippen molar-refractivity contribution in [3.63, 3.8) is 0 Å². The number of anilines is 1. The monoisotopic (exact) mass is 466 g/mol. The largest absolute Gasteiger partial charge is 0.471 e. The Morgan fingerprint density at radius 3 is 2.35 bits per heavy atom. The van der Waals surface area contributed by atoms with Gasteiger partial charge in [-0.2, -0.15) is 4.98 Å². The van der Waals surface area contributed by atoms with E-state index in [0.29, 0.717) is 39.5 Å². The molecular formula is C24H21F3N6O. The summed E-state index contributed by atoms with van der Waals surface area (Å²) in [6.45, 7) is 1.89. The summed E-state index contributed by atoms with van der Waals surface area (Å²) in [6, 6.07) is 13.8. The van der Waals surface area contributed by atoms with Crippen LogP contribution < -0.4 is 16.2 Å². The van der Waals surface area contributed by atoms with Crippen LogP contribution in [0.1, 0.15) is 29.2 Å². The van der Waals surface area contributed by atoms with E-state index in [1.807, 2.05) is 0 Å². The maximum absolute atomic E-state index is 13.6. The molecule has 0 unspecified atom stereocenters. The van der Waals surface area contributed by atoms with E-state index in [1.165, 1.54) is 30.3 Å². The van der Waals surface area contributed by atoms with Gasteiger partial charge in [-0.15, -0.1) is 0 Å². The van der Waals surface area contributed by atoms with Gasteiger partial charge < -0.3 is 16.2 Å². The highest BCUT2D eigenvalue weighted by atomic mass is 19.3. The van der Waals surface area contributed by atoms with Gasteiger partial charge in [-0.25, -0.2) is 18.2 Å². The molecule has 0 fully saturated rings. The quantitative estimate of drug-likeness (QED) is 0.409. The van der Waals surface area contributed by atoms with Gasteiger partial charge in [-0.3, -0.25) is 9.97 Å². The maximum atomic E-state index is 13.6. The van der Waals surface area contributed by atoms with Crippen molar-refractivity contribution in [1.82, 2.24) is 19.9 Å². The number of hydrogen-bond acceptors (Lipinski definition) is 7. The topological polar surface area (TPSA) is 113 Å². The van der Waals surface area contributed by atoms with Gasteiger partial charge in [0, 0.05) is 17.8 Å². The van der Waals surface area contributed by atoms with Crippen molar-refractivity contribution < 1.29 is 17.9 Å². The molecule has 0 atom stereocenters. The summed E-state index contributed by atoms with van der Waals surface area (Å²) >= 11 is 0. The number of hydrogen-bond donors (Lipinski definition) is 2. The van der Waals surface area contributed by atoms with Crippen LogP contribution in [-0.2, 0) is 13.2 Å². The first-order valence-corrected chi connectivity index (χ1v) is 10.3. The Kier molecular flexibility index (Phi) is 6.69. The summed E-state index contributed by atoms with van der Waals surface area (Å²) in [7, 11) is 0. The Balaban J connectivity index is 1.87. The van der Waals surface area contributed by atoms with Crippen LogP contribution in [0, 0.1) is 12.7 Å². The SMILES string of the molecule is Cc1cc(-c2c(OCc3cccc(CN)n3)nc(N)nc2-c2ccc(F)cc2)cc(C(F)F)n1. The van der Waals surface area contributed by atoms with Crippen LogP contribution in [0.4, 0.5) is 19.1 Å². The number of alkyl halides is 2. The van der Waals surface area contributed by atoms with Crippen molar-refractivity contribution in [1.29, 1.82) is 0 Å². The van der Waals surface area contributed by atoms with Gasteiger partial charge in [-0.05, 0) is 61.0 Å². The highest BCUT2D eigenvalue weighted by molar-refractivity contribution is 5.85. The predicted octanol–water partition coefficient (Wildman–Crippen LogP) is 4.61. The van der Waals surface area contributed by atoms with E-state index in [4.69, 9.17) is 16.2 Å². The van der Waals surface area contributed by atoms with Gasteiger partial charge in [0.15, 0.2) is 0 Å². The second-order valence-electron chi connectivity index (χ2n) is 7.45. The molecule has 4 N–H and O–H groups in total. The Bertz CT molecular complexity index is 1310. The van der Waals surface area contributed by atoms with Crippen LogP contribution in [0.5, 0.6) is 5.88 Å². The highest BCUT2D eigenvalue weighted by Crippen LogP contribution is 2.39. The number of benzene rings is 1. The van der Waals surface area contributed by atoms with Gasteiger partial charge in [0.1, 0.15) is 18.1 Å². The number of rotatable bonds is 7. The summed E-state index contributed by atoms with van der Waals surface area (Å²) in [4.78, 5) is 16.8. The number of nitrogen functional groups attached to an aromatic ring is 1. The molecule has 0 aliphatic rings. The molecule has 174 valence electrons. The number of nitrogens with two attached hydrogens (primary N) is 2. The summed E-state index contributed by atoms with van der Waals surface area (Å²) in [5.74, 6) is -0.464. The molecule has 0 aliphatic carbocycles. The number of ether oxygens (including phenoxy) is 1. The third kappa shape index (κ3) is 5.12. The minimum Gasteiger partial charge on any atom is -0.471 e. The minimum absolute atomic E-state index is 0.0198. The van der Waals surface area contributed by atoms with Gasteiger partial charge in [-0.1, -0.05) is 6.07 Å². The fraction of sp³-hybridized carbons (Fsp3) is 0.167. The van der Waals surface area contributed by atoms with E-state index in [2.05, 4.69) is 19.9 Å². The fourth-order valence-electron chi connectivity index (χ4n) is 3.45. The van der Waals surface area contributed by atoms with Gasteiger partial charge in [0.2, 0.25) is 11.8 Å². The zero-order valence-corrected chi connectivity index (χ0v) is 18.2. The minimum atomic E-state index is -2.78. The van der Waals surface area contributed by atoms with Gasteiger partial charge >= 0.3 is 0 Å². The first-order chi connectivity index (χ1) is 16.3. The van der Waals surface area contributed by atoms with Crippen molar-refractivity contribution in [3.8, 4) is 28.3 Å². The summed E-state index contributed by atoms with van der Waals surface area (Å²) in [5, 5.41) is 0. The molecule has 0 saturated heterocycles. The molecule has 1 aromatic carbocycles. The van der Waals surface area contributed by atoms with Crippen LogP contribution in [0.2, 0.25) is 0 Å². The van der Waals surface area contributed by atoms with E-state index in [9.17, 15) is 13.2 Å². The molecule has 0 saturated carbocycles. The second-order valence-corrected chi connectivity index (χ2v) is 7.45. The molecule has 0 radical (unpaired) electrons. The lowest BCUT2D eigenvalue weighted by Gasteiger charge is -2.16. The lowest BCUT2D eigenvalue weighted by atomic mass is 9.99. The molecular weight excluding hydrogens is 445 g/mol. The number of pyridine rings is 2. The molecule has 0 amide bonds. The zero-order chi connectivity index (χ0) is 24.2. The van der Waals surface area contributed by atoms with Crippen LogP contribution in [0.3, 0.4) is 0 Å². The molecule has 0 aliphatic heterocycles. The number of aryl methyl sites for hydroxylation is 1. The Labute approximate surface area is 193 Å². The molecule has 4 aromatic rings. The van der Waals surface area contributed by atoms with Gasteiger partial charge in [0.05, 0.1) is 22.6 Å². The molecule has 34 heavy (non-hydrogen) atoms. The Hall–Kier alpha value is -4.05. The van der Waals surface area contributed by atoms with E-state index >= 15 is 0 Å². The summed E-state index contributed by atoms with van der Waals surface area (Å²) in [6.07, 6.45) is -2.78. The van der Waals surface area contributed by atoms with E-state index in [1.54, 1.807) is 31.2 Å². The third-order valence-electron chi connectivity index (χ3n) is 4.93. The zero-order valence-electron chi connectivity index (χ0n) is 18.2. The summed E-state index contributed by atoms with van der Waals surface area (Å²) in [5.41, 5.74) is 14.4. The van der Waals surface area contributed by atoms with Crippen LogP contribution in [0.15, 0.2) is 54.6 Å². The predicted molar refractivity (Wildman–Crippen MR) is 121 cm³/mol. The average molecular weight is 466 g/mol. The van der Waals surface area contributed by atoms with E-state index < -0.39 is 17.9 Å². The number of aromatic nitrogens is 4. The Morgan fingerprint density at radius 1 is 0.912 bits per heavy atom. The number of nitrogens with zero attached hydrogens (tertiary/aromatic N) is 4. The molecule has 0 bridgehead atoms. The lowest BCUT2D eigenvalue weighted by molar-refractivity contribution is 0.146. The van der Waals surface area contributed by atoms with Crippen LogP contribution >= 0.6 is 0 Å². The van der Waals surface area contributed by atoms with E-state index in [-0.39, 0.29) is 25.0 Å². The van der Waals surface area contributed by atoms with Crippen LogP contribution in [-0.4, -0.2) is 19.9 Å². The van der Waals surface area contributed by atoms with Crippen molar-refractivity contribution in [2.45, 2.75) is 26.5 Å². The molecule has 10 heteroatoms. The number of halogens is 3. The van der Waals surface area contributed by atoms with E-state index in [0.717, 1.165) is 0 Å². The Morgan fingerprint density at radius 2 is 1.65 bits per heavy atom. The standard InChI is InChI=1S/C24H21F3N6O/c1-13-9-15(10-19(30-13)22(26)27)20-21(14-5-7-16(25)8-6-14)32-24(29)33-23(20)34-12-18-4-2-3-17(11-28)31-18/h2-10,22H,11-12,28H2,1H3,(H2,29,32,33). The molecule has 7 nitrogen and oxygen atoms in total. The molecule has 0 spiro atoms. The van der Waals surface area contributed by atoms with Crippen molar-refractivity contribution in [2.75, 3.05) is 5.73 Å². The van der Waals surface area contributed by atoms with Crippen molar-refractivity contribution in [2.24, 2.45) is 5.73 Å². The second kappa shape index (κ2) is 9.84. The smallest absolute Gasteiger partial charge is 0.280 e. The van der Waals surface area contributed by atoms with Gasteiger partial charge in [0.25, 0.3) is 6.43 Å². The fourth-order valence-corrected chi connectivity index (χ4v) is 3.45. The molecule has 4 rings (SSSR count). The highest BCUT2D eigenvalue weighted by Gasteiger charge is 2.21. The first kappa shape index (κ1) is 23.1. The molecule has 3 aromatic heterocycles. The average Bonchev–Trinajstić information content (AvgIpc) is 2.82. The third-order valence-corrected chi connectivity index (χ3v) is 4.93. The van der Waals surface area contributed by atoms with Crippen molar-refractivity contribution >= 4 is 5.95 Å². The van der Waals surface area contributed by atoms with Crippen molar-refractivity contribution in [3.05, 3.63) is 83.2 Å². The first-order valence-electron chi connectivity index (χ1n) is 10.3. The summed E-state index contributed by atoms with van der Waals surface area (Å²) < 4.78 is 46.5. The van der Waals surface area contributed by atoms with Crippen LogP contribution in [0.25, 0.3) is 22.4 Å². The normalized spacial score (nSPS) is 11.1. The lowest BCUT2D eigenvalue weighted by Crippen LogP contribution is -2.08. The molecule has 3 heterocycles.